The first-order chi connectivity index (χ1) is 18.7. The lowest BCUT2D eigenvalue weighted by Gasteiger charge is -2.21. The number of benzene rings is 3. The van der Waals surface area contributed by atoms with Crippen molar-refractivity contribution in [1.82, 2.24) is 5.32 Å². The normalized spacial score (nSPS) is 12.8. The average Bonchev–Trinajstić information content (AvgIpc) is 2.93. The molecule has 206 valence electrons. The minimum absolute atomic E-state index is 0.157. The number of hydrogen-bond acceptors (Lipinski definition) is 6. The van der Waals surface area contributed by atoms with Gasteiger partial charge in [-0.05, 0) is 41.5 Å². The quantitative estimate of drug-likeness (QED) is 0.267. The Labute approximate surface area is 230 Å². The standard InChI is InChI=1S/C31H36N2O5S/c1-23(32)27-16-12-25(13-17-27)15-19-30(35)29(18-14-24-8-4-2-5-9-24)33-31(36)28(20-34)22-39(37,38)21-26-10-6-3-7-11-26/h2-13,16-17,28-29,34H,1,14-15,18-22,32H2,(H,33,36)/t28-,29-/m0/s1. The summed E-state index contributed by atoms with van der Waals surface area (Å²) >= 11 is 0. The van der Waals surface area contributed by atoms with Crippen LogP contribution in [0.1, 0.15) is 35.1 Å². The number of nitrogens with two attached hydrogens (primary N) is 1. The highest BCUT2D eigenvalue weighted by molar-refractivity contribution is 7.90. The molecule has 0 aliphatic rings. The van der Waals surface area contributed by atoms with Gasteiger partial charge in [0.15, 0.2) is 15.6 Å². The summed E-state index contributed by atoms with van der Waals surface area (Å²) in [7, 11) is -3.68. The van der Waals surface area contributed by atoms with E-state index >= 15 is 0 Å². The second-order valence-electron chi connectivity index (χ2n) is 9.69. The second-order valence-corrected chi connectivity index (χ2v) is 11.8. The van der Waals surface area contributed by atoms with Crippen molar-refractivity contribution in [3.63, 3.8) is 0 Å². The number of aliphatic hydroxyl groups excluding tert-OH is 1. The summed E-state index contributed by atoms with van der Waals surface area (Å²) in [5.41, 5.74) is 9.57. The maximum Gasteiger partial charge on any atom is 0.227 e. The van der Waals surface area contributed by atoms with E-state index in [-0.39, 0.29) is 18.0 Å². The molecule has 2 atom stereocenters. The van der Waals surface area contributed by atoms with E-state index < -0.39 is 40.1 Å². The molecule has 0 spiro atoms. The molecule has 1 amide bonds. The first kappa shape index (κ1) is 29.8. The Kier molecular flexibility index (Phi) is 11.0. The number of Topliss-reactive ketones (excluding diaryl/α,β-unsaturated/α-hetero) is 1. The van der Waals surface area contributed by atoms with Gasteiger partial charge in [-0.25, -0.2) is 8.42 Å². The molecule has 0 aromatic heterocycles. The van der Waals surface area contributed by atoms with Crippen molar-refractivity contribution in [2.45, 2.75) is 37.5 Å². The van der Waals surface area contributed by atoms with Crippen LogP contribution in [-0.4, -0.2) is 43.6 Å². The van der Waals surface area contributed by atoms with Crippen LogP contribution in [-0.2, 0) is 38.0 Å². The average molecular weight is 549 g/mol. The van der Waals surface area contributed by atoms with Crippen molar-refractivity contribution >= 4 is 27.2 Å². The zero-order valence-corrected chi connectivity index (χ0v) is 22.8. The maximum atomic E-state index is 13.3. The first-order valence-corrected chi connectivity index (χ1v) is 14.7. The summed E-state index contributed by atoms with van der Waals surface area (Å²) < 4.78 is 25.5. The molecule has 3 aromatic carbocycles. The third-order valence-electron chi connectivity index (χ3n) is 6.53. The number of sulfone groups is 1. The molecule has 0 saturated carbocycles. The minimum atomic E-state index is -3.68. The van der Waals surface area contributed by atoms with Crippen LogP contribution < -0.4 is 11.1 Å². The van der Waals surface area contributed by atoms with Gasteiger partial charge in [0.25, 0.3) is 0 Å². The summed E-state index contributed by atoms with van der Waals surface area (Å²) in [6.45, 7) is 3.08. The highest BCUT2D eigenvalue weighted by Gasteiger charge is 2.29. The van der Waals surface area contributed by atoms with Crippen molar-refractivity contribution < 1.29 is 23.1 Å². The highest BCUT2D eigenvalue weighted by Crippen LogP contribution is 2.15. The smallest absolute Gasteiger partial charge is 0.227 e. The van der Waals surface area contributed by atoms with Crippen LogP contribution in [0.5, 0.6) is 0 Å². The predicted octanol–water partition coefficient (Wildman–Crippen LogP) is 3.46. The van der Waals surface area contributed by atoms with Crippen LogP contribution in [0.25, 0.3) is 5.70 Å². The third kappa shape index (κ3) is 9.81. The van der Waals surface area contributed by atoms with E-state index in [1.165, 1.54) is 0 Å². The van der Waals surface area contributed by atoms with Gasteiger partial charge in [0, 0.05) is 12.1 Å². The van der Waals surface area contributed by atoms with Gasteiger partial charge in [0.2, 0.25) is 5.91 Å². The van der Waals surface area contributed by atoms with E-state index in [2.05, 4.69) is 11.9 Å². The Morgan fingerprint density at radius 3 is 1.97 bits per heavy atom. The number of hydrogen-bond donors (Lipinski definition) is 3. The second kappa shape index (κ2) is 14.4. The molecule has 8 heteroatoms. The zero-order valence-electron chi connectivity index (χ0n) is 22.0. The van der Waals surface area contributed by atoms with E-state index in [0.717, 1.165) is 16.7 Å². The van der Waals surface area contributed by atoms with E-state index in [1.54, 1.807) is 30.3 Å². The Morgan fingerprint density at radius 1 is 0.846 bits per heavy atom. The molecule has 7 nitrogen and oxygen atoms in total. The largest absolute Gasteiger partial charge is 0.399 e. The number of amides is 1. The number of nitrogens with one attached hydrogen (secondary N) is 1. The van der Waals surface area contributed by atoms with Crippen molar-refractivity contribution in [3.8, 4) is 0 Å². The van der Waals surface area contributed by atoms with Gasteiger partial charge >= 0.3 is 0 Å². The molecule has 0 saturated heterocycles. The van der Waals surface area contributed by atoms with Gasteiger partial charge in [-0.3, -0.25) is 9.59 Å². The van der Waals surface area contributed by atoms with Crippen molar-refractivity contribution in [3.05, 3.63) is 114 Å². The van der Waals surface area contributed by atoms with E-state index in [4.69, 9.17) is 5.73 Å². The van der Waals surface area contributed by atoms with E-state index in [9.17, 15) is 23.1 Å². The van der Waals surface area contributed by atoms with Crippen LogP contribution in [0.15, 0.2) is 91.5 Å². The Hall–Kier alpha value is -3.75. The lowest BCUT2D eigenvalue weighted by Crippen LogP contribution is -2.46. The Balaban J connectivity index is 1.67. The van der Waals surface area contributed by atoms with Crippen LogP contribution >= 0.6 is 0 Å². The number of aryl methyl sites for hydroxylation is 2. The maximum absolute atomic E-state index is 13.3. The zero-order chi connectivity index (χ0) is 28.3. The molecule has 0 fully saturated rings. The lowest BCUT2D eigenvalue weighted by molar-refractivity contribution is -0.130. The monoisotopic (exact) mass is 548 g/mol. The highest BCUT2D eigenvalue weighted by atomic mass is 32.2. The molecule has 0 aliphatic heterocycles. The topological polar surface area (TPSA) is 127 Å². The molecular weight excluding hydrogens is 512 g/mol. The van der Waals surface area contributed by atoms with Crippen LogP contribution in [0, 0.1) is 5.92 Å². The summed E-state index contributed by atoms with van der Waals surface area (Å²) in [4.78, 5) is 26.4. The molecule has 3 aromatic rings. The summed E-state index contributed by atoms with van der Waals surface area (Å²) in [6, 6.07) is 24.9. The molecule has 0 heterocycles. The van der Waals surface area contributed by atoms with Crippen LogP contribution in [0.4, 0.5) is 0 Å². The molecule has 39 heavy (non-hydrogen) atoms. The van der Waals surface area contributed by atoms with Crippen molar-refractivity contribution in [1.29, 1.82) is 0 Å². The fourth-order valence-electron chi connectivity index (χ4n) is 4.29. The number of ketones is 1. The number of rotatable bonds is 15. The molecule has 0 aliphatic carbocycles. The van der Waals surface area contributed by atoms with Gasteiger partial charge < -0.3 is 16.2 Å². The lowest BCUT2D eigenvalue weighted by atomic mass is 9.97. The van der Waals surface area contributed by atoms with Crippen LogP contribution in [0.2, 0.25) is 0 Å². The molecule has 0 bridgehead atoms. The van der Waals surface area contributed by atoms with Gasteiger partial charge in [-0.15, -0.1) is 0 Å². The number of carbonyl (C=O) groups is 2. The minimum Gasteiger partial charge on any atom is -0.399 e. The Bertz CT molecular complexity index is 1340. The van der Waals surface area contributed by atoms with Crippen LogP contribution in [0.3, 0.4) is 0 Å². The van der Waals surface area contributed by atoms with Crippen molar-refractivity contribution in [2.24, 2.45) is 11.7 Å². The number of aliphatic hydroxyl groups is 1. The van der Waals surface area contributed by atoms with Crippen molar-refractivity contribution in [2.75, 3.05) is 12.4 Å². The van der Waals surface area contributed by atoms with Gasteiger partial charge in [-0.1, -0.05) is 91.5 Å². The summed E-state index contributed by atoms with van der Waals surface area (Å²) in [5, 5.41) is 12.6. The van der Waals surface area contributed by atoms with E-state index in [1.807, 2.05) is 54.6 Å². The predicted molar refractivity (Wildman–Crippen MR) is 154 cm³/mol. The van der Waals surface area contributed by atoms with Gasteiger partial charge in [-0.2, -0.15) is 0 Å². The third-order valence-corrected chi connectivity index (χ3v) is 8.21. The molecule has 0 radical (unpaired) electrons. The first-order valence-electron chi connectivity index (χ1n) is 12.9. The Morgan fingerprint density at radius 2 is 1.41 bits per heavy atom. The van der Waals surface area contributed by atoms with Gasteiger partial charge in [0.05, 0.1) is 30.1 Å². The fraction of sp³-hybridized carbons (Fsp3) is 0.290. The van der Waals surface area contributed by atoms with E-state index in [0.29, 0.717) is 30.5 Å². The molecule has 0 unspecified atom stereocenters. The fourth-order valence-corrected chi connectivity index (χ4v) is 5.98. The molecule has 4 N–H and O–H groups in total. The molecular formula is C31H36N2O5S. The number of carbonyl (C=O) groups excluding carboxylic acids is 2. The summed E-state index contributed by atoms with van der Waals surface area (Å²) in [5.74, 6) is -2.73. The molecule has 3 rings (SSSR count). The summed E-state index contributed by atoms with van der Waals surface area (Å²) in [6.07, 6.45) is 1.58. The SMILES string of the molecule is C=C(N)c1ccc(CCC(=O)[C@H](CCc2ccccc2)NC(=O)[C@@H](CO)CS(=O)(=O)Cc2ccccc2)cc1. The van der Waals surface area contributed by atoms with Gasteiger partial charge in [0.1, 0.15) is 0 Å².